The average molecular weight is 275 g/mol. The topological polar surface area (TPSA) is 12.4 Å². The largest absolute Gasteiger partial charge is 0.291 e. The zero-order valence-electron chi connectivity index (χ0n) is 13.3. The van der Waals surface area contributed by atoms with Gasteiger partial charge in [0.1, 0.15) is 0 Å². The van der Waals surface area contributed by atoms with E-state index in [1.54, 1.807) is 0 Å². The van der Waals surface area contributed by atoms with Crippen molar-refractivity contribution in [2.45, 2.75) is 89.5 Å². The van der Waals surface area contributed by atoms with Crippen molar-refractivity contribution < 1.29 is 0 Å². The second kappa shape index (κ2) is 11.9. The molecule has 20 heavy (non-hydrogen) atoms. The number of hydrogen-bond donors (Lipinski definition) is 0. The third kappa shape index (κ3) is 8.35. The maximum Gasteiger partial charge on any atom is 0.0502 e. The van der Waals surface area contributed by atoms with Crippen LogP contribution in [0.2, 0.25) is 0 Å². The van der Waals surface area contributed by atoms with E-state index in [0.29, 0.717) is 6.04 Å². The molecule has 0 bridgehead atoms. The fourth-order valence-corrected chi connectivity index (χ4v) is 2.94. The lowest BCUT2D eigenvalue weighted by Crippen LogP contribution is -1.98. The molecule has 0 N–H and O–H groups in total. The fraction of sp³-hybridized carbons (Fsp3) is 0.737. The molecule has 1 aliphatic heterocycles. The summed E-state index contributed by atoms with van der Waals surface area (Å²) in [6.07, 6.45) is 20.9. The molecule has 0 spiro atoms. The predicted molar refractivity (Wildman–Crippen MR) is 91.6 cm³/mol. The standard InChI is InChI=1S/C19H33N/c1-3-5-7-9-10-11-13-15-19-17-16-18(20-19)14-12-8-6-4-2/h3-4,19H,1-2,5-17H2/t19-/m0/s1. The lowest BCUT2D eigenvalue weighted by molar-refractivity contribution is 0.537. The third-order valence-corrected chi connectivity index (χ3v) is 4.20. The molecule has 0 radical (unpaired) electrons. The molecule has 1 heterocycles. The molecule has 1 atom stereocenters. The minimum absolute atomic E-state index is 0.651. The zero-order valence-corrected chi connectivity index (χ0v) is 13.3. The molecule has 0 aromatic heterocycles. The highest BCUT2D eigenvalue weighted by molar-refractivity contribution is 5.86. The van der Waals surface area contributed by atoms with E-state index in [2.05, 4.69) is 13.2 Å². The Bertz CT molecular complexity index is 290. The molecule has 0 aromatic rings. The van der Waals surface area contributed by atoms with Crippen molar-refractivity contribution in [3.8, 4) is 0 Å². The van der Waals surface area contributed by atoms with Crippen LogP contribution in [0.3, 0.4) is 0 Å². The number of nitrogens with zero attached hydrogens (tertiary/aromatic N) is 1. The first kappa shape index (κ1) is 17.2. The summed E-state index contributed by atoms with van der Waals surface area (Å²) in [5.74, 6) is 0. The molecule has 1 aliphatic rings. The van der Waals surface area contributed by atoms with Crippen LogP contribution in [0.5, 0.6) is 0 Å². The molecule has 0 aromatic carbocycles. The average Bonchev–Trinajstić information content (AvgIpc) is 2.90. The van der Waals surface area contributed by atoms with Gasteiger partial charge in [-0.15, -0.1) is 13.2 Å². The van der Waals surface area contributed by atoms with Gasteiger partial charge in [-0.25, -0.2) is 0 Å². The summed E-state index contributed by atoms with van der Waals surface area (Å²) in [6, 6.07) is 0.651. The molecular weight excluding hydrogens is 242 g/mol. The van der Waals surface area contributed by atoms with Crippen LogP contribution in [-0.2, 0) is 0 Å². The summed E-state index contributed by atoms with van der Waals surface area (Å²) in [6.45, 7) is 7.54. The van der Waals surface area contributed by atoms with E-state index in [1.807, 2.05) is 12.2 Å². The van der Waals surface area contributed by atoms with Crippen LogP contribution in [0.1, 0.15) is 83.5 Å². The smallest absolute Gasteiger partial charge is 0.0502 e. The Morgan fingerprint density at radius 1 is 0.900 bits per heavy atom. The lowest BCUT2D eigenvalue weighted by atomic mass is 10.0. The van der Waals surface area contributed by atoms with Crippen molar-refractivity contribution in [1.29, 1.82) is 0 Å². The maximum atomic E-state index is 4.91. The molecule has 1 rings (SSSR count). The van der Waals surface area contributed by atoms with E-state index in [-0.39, 0.29) is 0 Å². The molecule has 0 amide bonds. The Morgan fingerprint density at radius 3 is 2.30 bits per heavy atom. The summed E-state index contributed by atoms with van der Waals surface area (Å²) < 4.78 is 0. The lowest BCUT2D eigenvalue weighted by Gasteiger charge is -2.05. The normalized spacial score (nSPS) is 18.0. The number of aliphatic imine (C=N–C) groups is 1. The highest BCUT2D eigenvalue weighted by Crippen LogP contribution is 2.22. The van der Waals surface area contributed by atoms with Crippen molar-refractivity contribution in [2.24, 2.45) is 4.99 Å². The van der Waals surface area contributed by atoms with E-state index in [1.165, 1.54) is 82.8 Å². The highest BCUT2D eigenvalue weighted by atomic mass is 14.8. The van der Waals surface area contributed by atoms with Gasteiger partial charge in [0.15, 0.2) is 0 Å². The fourth-order valence-electron chi connectivity index (χ4n) is 2.94. The van der Waals surface area contributed by atoms with Crippen molar-refractivity contribution in [3.05, 3.63) is 25.3 Å². The van der Waals surface area contributed by atoms with Crippen molar-refractivity contribution >= 4 is 5.71 Å². The van der Waals surface area contributed by atoms with Gasteiger partial charge >= 0.3 is 0 Å². The van der Waals surface area contributed by atoms with Crippen LogP contribution in [0, 0.1) is 0 Å². The summed E-state index contributed by atoms with van der Waals surface area (Å²) in [5, 5.41) is 0. The Balaban J connectivity index is 1.97. The van der Waals surface area contributed by atoms with Crippen LogP contribution >= 0.6 is 0 Å². The van der Waals surface area contributed by atoms with Crippen LogP contribution in [0.25, 0.3) is 0 Å². The van der Waals surface area contributed by atoms with Crippen LogP contribution < -0.4 is 0 Å². The molecule has 1 nitrogen and oxygen atoms in total. The van der Waals surface area contributed by atoms with Gasteiger partial charge in [-0.2, -0.15) is 0 Å². The minimum Gasteiger partial charge on any atom is -0.291 e. The summed E-state index contributed by atoms with van der Waals surface area (Å²) >= 11 is 0. The minimum atomic E-state index is 0.651. The van der Waals surface area contributed by atoms with E-state index in [0.717, 1.165) is 6.42 Å². The monoisotopic (exact) mass is 275 g/mol. The van der Waals surface area contributed by atoms with Gasteiger partial charge in [0.25, 0.3) is 0 Å². The first-order valence-corrected chi connectivity index (χ1v) is 8.64. The molecular formula is C19H33N. The van der Waals surface area contributed by atoms with Crippen molar-refractivity contribution in [2.75, 3.05) is 0 Å². The van der Waals surface area contributed by atoms with Crippen LogP contribution in [0.4, 0.5) is 0 Å². The highest BCUT2D eigenvalue weighted by Gasteiger charge is 2.16. The molecule has 114 valence electrons. The molecule has 1 heteroatoms. The molecule has 0 fully saturated rings. The third-order valence-electron chi connectivity index (χ3n) is 4.20. The molecule has 0 aliphatic carbocycles. The van der Waals surface area contributed by atoms with Gasteiger partial charge in [0, 0.05) is 5.71 Å². The molecule has 0 saturated heterocycles. The first-order chi connectivity index (χ1) is 9.86. The van der Waals surface area contributed by atoms with E-state index in [4.69, 9.17) is 4.99 Å². The Morgan fingerprint density at radius 2 is 1.55 bits per heavy atom. The van der Waals surface area contributed by atoms with Crippen molar-refractivity contribution in [1.82, 2.24) is 0 Å². The Hall–Kier alpha value is -0.850. The van der Waals surface area contributed by atoms with E-state index < -0.39 is 0 Å². The molecule has 0 saturated carbocycles. The van der Waals surface area contributed by atoms with Crippen LogP contribution in [0.15, 0.2) is 30.3 Å². The quantitative estimate of drug-likeness (QED) is 0.278. The summed E-state index contributed by atoms with van der Waals surface area (Å²) in [5.41, 5.74) is 1.49. The van der Waals surface area contributed by atoms with Gasteiger partial charge in [0.05, 0.1) is 6.04 Å². The van der Waals surface area contributed by atoms with E-state index >= 15 is 0 Å². The number of rotatable bonds is 13. The number of unbranched alkanes of at least 4 members (excludes halogenated alkanes) is 7. The second-order valence-electron chi connectivity index (χ2n) is 6.06. The van der Waals surface area contributed by atoms with Crippen LogP contribution in [-0.4, -0.2) is 11.8 Å². The number of allylic oxidation sites excluding steroid dienone is 2. The molecule has 0 unspecified atom stereocenters. The summed E-state index contributed by atoms with van der Waals surface area (Å²) in [7, 11) is 0. The SMILES string of the molecule is C=CCCCCCCC[C@H]1CCC(CCCCC=C)=N1. The predicted octanol–water partition coefficient (Wildman–Crippen LogP) is 6.25. The maximum absolute atomic E-state index is 4.91. The van der Waals surface area contributed by atoms with Gasteiger partial charge in [-0.3, -0.25) is 4.99 Å². The Labute approximate surface area is 126 Å². The van der Waals surface area contributed by atoms with Gasteiger partial charge in [-0.05, 0) is 57.8 Å². The first-order valence-electron chi connectivity index (χ1n) is 8.64. The van der Waals surface area contributed by atoms with Crippen molar-refractivity contribution in [3.63, 3.8) is 0 Å². The van der Waals surface area contributed by atoms with Gasteiger partial charge < -0.3 is 0 Å². The second-order valence-corrected chi connectivity index (χ2v) is 6.06. The zero-order chi connectivity index (χ0) is 14.5. The summed E-state index contributed by atoms with van der Waals surface area (Å²) in [4.78, 5) is 4.91. The Kier molecular flexibility index (Phi) is 10.3. The number of hydrogen-bond acceptors (Lipinski definition) is 1. The van der Waals surface area contributed by atoms with Gasteiger partial charge in [0.2, 0.25) is 0 Å². The van der Waals surface area contributed by atoms with Gasteiger partial charge in [-0.1, -0.05) is 37.8 Å². The van der Waals surface area contributed by atoms with E-state index in [9.17, 15) is 0 Å².